The molecule has 0 saturated carbocycles. The van der Waals surface area contributed by atoms with Crippen LogP contribution in [0.3, 0.4) is 0 Å². The van der Waals surface area contributed by atoms with Gasteiger partial charge in [0, 0.05) is 41.3 Å². The molecule has 5 nitrogen and oxygen atoms in total. The normalized spacial score (nSPS) is 11.5. The van der Waals surface area contributed by atoms with Gasteiger partial charge in [-0.25, -0.2) is 18.1 Å². The summed E-state index contributed by atoms with van der Waals surface area (Å²) >= 11 is 7.28. The van der Waals surface area contributed by atoms with Gasteiger partial charge < -0.3 is 0 Å². The van der Waals surface area contributed by atoms with Crippen LogP contribution in [0.5, 0.6) is 0 Å². The third-order valence-corrected chi connectivity index (χ3v) is 5.92. The largest absolute Gasteiger partial charge is 0.265 e. The van der Waals surface area contributed by atoms with Gasteiger partial charge >= 0.3 is 0 Å². The fourth-order valence-corrected chi connectivity index (χ4v) is 4.04. The van der Waals surface area contributed by atoms with Crippen LogP contribution in [-0.2, 0) is 16.4 Å². The summed E-state index contributed by atoms with van der Waals surface area (Å²) in [5, 5.41) is 3.33. The zero-order valence-corrected chi connectivity index (χ0v) is 14.9. The number of rotatable bonds is 6. The summed E-state index contributed by atoms with van der Waals surface area (Å²) in [6, 6.07) is 9.85. The highest BCUT2D eigenvalue weighted by molar-refractivity contribution is 7.89. The van der Waals surface area contributed by atoms with E-state index in [9.17, 15) is 8.42 Å². The van der Waals surface area contributed by atoms with E-state index in [1.54, 1.807) is 24.5 Å². The molecule has 0 unspecified atom stereocenters. The standard InChI is InChI=1S/C16H14ClN3O2S2/c17-13-1-3-14(4-2-13)24(21,22)19-10-7-16-20-15(11-23-16)12-5-8-18-9-6-12/h1-6,8-9,11,19H,7,10H2. The second-order valence-corrected chi connectivity index (χ2v) is 8.11. The molecule has 0 amide bonds. The Balaban J connectivity index is 1.60. The van der Waals surface area contributed by atoms with Crippen LogP contribution in [0.2, 0.25) is 5.02 Å². The Labute approximate surface area is 149 Å². The van der Waals surface area contributed by atoms with Crippen molar-refractivity contribution in [2.24, 2.45) is 0 Å². The Bertz CT molecular complexity index is 910. The van der Waals surface area contributed by atoms with Crippen LogP contribution in [0.1, 0.15) is 5.01 Å². The number of hydrogen-bond acceptors (Lipinski definition) is 5. The van der Waals surface area contributed by atoms with E-state index >= 15 is 0 Å². The number of aromatic nitrogens is 2. The lowest BCUT2D eigenvalue weighted by Crippen LogP contribution is -2.25. The molecule has 2 aromatic heterocycles. The molecule has 24 heavy (non-hydrogen) atoms. The van der Waals surface area contributed by atoms with E-state index in [1.807, 2.05) is 17.5 Å². The number of sulfonamides is 1. The minimum absolute atomic E-state index is 0.198. The zero-order valence-electron chi connectivity index (χ0n) is 12.5. The van der Waals surface area contributed by atoms with E-state index in [0.717, 1.165) is 16.3 Å². The Morgan fingerprint density at radius 1 is 1.08 bits per heavy atom. The summed E-state index contributed by atoms with van der Waals surface area (Å²) in [5.74, 6) is 0. The molecule has 0 spiro atoms. The van der Waals surface area contributed by atoms with Gasteiger partial charge in [0.1, 0.15) is 0 Å². The molecule has 0 atom stereocenters. The van der Waals surface area contributed by atoms with Crippen molar-refractivity contribution in [2.75, 3.05) is 6.54 Å². The molecular weight excluding hydrogens is 366 g/mol. The minimum atomic E-state index is -3.53. The van der Waals surface area contributed by atoms with Crippen molar-refractivity contribution < 1.29 is 8.42 Å². The second-order valence-electron chi connectivity index (χ2n) is 4.96. The quantitative estimate of drug-likeness (QED) is 0.712. The Hall–Kier alpha value is -1.80. The predicted octanol–water partition coefficient (Wildman–Crippen LogP) is 3.38. The first kappa shape index (κ1) is 17.0. The molecule has 3 rings (SSSR count). The summed E-state index contributed by atoms with van der Waals surface area (Å²) < 4.78 is 26.9. The van der Waals surface area contributed by atoms with Gasteiger partial charge in [-0.1, -0.05) is 11.6 Å². The molecule has 0 aliphatic carbocycles. The summed E-state index contributed by atoms with van der Waals surface area (Å²) in [4.78, 5) is 8.70. The van der Waals surface area contributed by atoms with Gasteiger partial charge in [0.2, 0.25) is 10.0 Å². The van der Waals surface area contributed by atoms with E-state index in [1.165, 1.54) is 23.5 Å². The smallest absolute Gasteiger partial charge is 0.240 e. The number of nitrogens with one attached hydrogen (secondary N) is 1. The molecule has 0 aliphatic rings. The average molecular weight is 380 g/mol. The number of pyridine rings is 1. The Kier molecular flexibility index (Phi) is 5.25. The van der Waals surface area contributed by atoms with Gasteiger partial charge in [-0.15, -0.1) is 11.3 Å². The highest BCUT2D eigenvalue weighted by Gasteiger charge is 2.13. The molecule has 0 radical (unpaired) electrons. The minimum Gasteiger partial charge on any atom is -0.265 e. The molecule has 8 heteroatoms. The van der Waals surface area contributed by atoms with E-state index in [-0.39, 0.29) is 11.4 Å². The maximum Gasteiger partial charge on any atom is 0.240 e. The van der Waals surface area contributed by atoms with Crippen molar-refractivity contribution in [1.29, 1.82) is 0 Å². The predicted molar refractivity (Wildman–Crippen MR) is 95.7 cm³/mol. The summed E-state index contributed by atoms with van der Waals surface area (Å²) in [7, 11) is -3.53. The number of nitrogens with zero attached hydrogens (tertiary/aromatic N) is 2. The molecule has 1 aromatic carbocycles. The first-order valence-electron chi connectivity index (χ1n) is 7.15. The monoisotopic (exact) mass is 379 g/mol. The van der Waals surface area contributed by atoms with Crippen LogP contribution < -0.4 is 4.72 Å². The summed E-state index contributed by atoms with van der Waals surface area (Å²) in [5.41, 5.74) is 1.87. The van der Waals surface area contributed by atoms with Crippen molar-refractivity contribution in [3.05, 3.63) is 64.2 Å². The molecule has 0 saturated heterocycles. The van der Waals surface area contributed by atoms with Crippen molar-refractivity contribution in [1.82, 2.24) is 14.7 Å². The summed E-state index contributed by atoms with van der Waals surface area (Å²) in [6.07, 6.45) is 3.96. The lowest BCUT2D eigenvalue weighted by atomic mass is 10.2. The molecule has 1 N–H and O–H groups in total. The van der Waals surface area contributed by atoms with Crippen LogP contribution in [-0.4, -0.2) is 24.9 Å². The zero-order chi connectivity index (χ0) is 17.0. The Morgan fingerprint density at radius 2 is 1.79 bits per heavy atom. The van der Waals surface area contributed by atoms with Gasteiger partial charge in [0.15, 0.2) is 0 Å². The van der Waals surface area contributed by atoms with Crippen LogP contribution in [0, 0.1) is 0 Å². The topological polar surface area (TPSA) is 72.0 Å². The maximum absolute atomic E-state index is 12.2. The first-order valence-corrected chi connectivity index (χ1v) is 9.89. The van der Waals surface area contributed by atoms with Crippen molar-refractivity contribution in [3.8, 4) is 11.3 Å². The third-order valence-electron chi connectivity index (χ3n) is 3.28. The highest BCUT2D eigenvalue weighted by Crippen LogP contribution is 2.21. The fraction of sp³-hybridized carbons (Fsp3) is 0.125. The van der Waals surface area contributed by atoms with Gasteiger partial charge in [-0.3, -0.25) is 4.98 Å². The number of hydrogen-bond donors (Lipinski definition) is 1. The number of thiazole rings is 1. The lowest BCUT2D eigenvalue weighted by Gasteiger charge is -2.05. The molecule has 0 aliphatic heterocycles. The van der Waals surface area contributed by atoms with Crippen molar-refractivity contribution in [3.63, 3.8) is 0 Å². The van der Waals surface area contributed by atoms with Gasteiger partial charge in [-0.05, 0) is 36.4 Å². The van der Waals surface area contributed by atoms with Crippen molar-refractivity contribution in [2.45, 2.75) is 11.3 Å². The average Bonchev–Trinajstić information content (AvgIpc) is 3.05. The number of halogens is 1. The van der Waals surface area contributed by atoms with Crippen molar-refractivity contribution >= 4 is 33.0 Å². The molecule has 2 heterocycles. The maximum atomic E-state index is 12.2. The lowest BCUT2D eigenvalue weighted by molar-refractivity contribution is 0.581. The van der Waals surface area contributed by atoms with Gasteiger partial charge in [-0.2, -0.15) is 0 Å². The van der Waals surface area contributed by atoms with Crippen LogP contribution in [0.15, 0.2) is 59.1 Å². The summed E-state index contributed by atoms with van der Waals surface area (Å²) in [6.45, 7) is 0.286. The SMILES string of the molecule is O=S(=O)(NCCc1nc(-c2ccncc2)cs1)c1ccc(Cl)cc1. The van der Waals surface area contributed by atoms with E-state index in [2.05, 4.69) is 14.7 Å². The number of benzene rings is 1. The Morgan fingerprint density at radius 3 is 2.50 bits per heavy atom. The van der Waals surface area contributed by atoms with E-state index in [4.69, 9.17) is 11.6 Å². The first-order chi connectivity index (χ1) is 11.5. The van der Waals surface area contributed by atoms with E-state index in [0.29, 0.717) is 11.4 Å². The van der Waals surface area contributed by atoms with E-state index < -0.39 is 10.0 Å². The van der Waals surface area contributed by atoms with Crippen LogP contribution in [0.4, 0.5) is 0 Å². The van der Waals surface area contributed by atoms with Gasteiger partial charge in [0.25, 0.3) is 0 Å². The van der Waals surface area contributed by atoms with Gasteiger partial charge in [0.05, 0.1) is 15.6 Å². The second kappa shape index (κ2) is 7.40. The molecule has 124 valence electrons. The fourth-order valence-electron chi connectivity index (χ4n) is 2.07. The highest BCUT2D eigenvalue weighted by atomic mass is 35.5. The molecular formula is C16H14ClN3O2S2. The van der Waals surface area contributed by atoms with Crippen LogP contribution in [0.25, 0.3) is 11.3 Å². The third kappa shape index (κ3) is 4.18. The molecule has 0 bridgehead atoms. The van der Waals surface area contributed by atoms with Crippen LogP contribution >= 0.6 is 22.9 Å². The molecule has 3 aromatic rings. The molecule has 0 fully saturated rings.